The smallest absolute Gasteiger partial charge is 0.314 e. The van der Waals surface area contributed by atoms with Crippen molar-refractivity contribution in [1.82, 2.24) is 15.5 Å². The third-order valence-electron chi connectivity index (χ3n) is 4.40. The van der Waals surface area contributed by atoms with Crippen molar-refractivity contribution >= 4 is 6.03 Å². The number of aliphatic hydroxyl groups is 1. The number of hydrogen-bond acceptors (Lipinski definition) is 4. The van der Waals surface area contributed by atoms with Crippen LogP contribution < -0.4 is 10.6 Å². The van der Waals surface area contributed by atoms with Crippen LogP contribution in [0.1, 0.15) is 51.3 Å². The van der Waals surface area contributed by atoms with Crippen LogP contribution in [0.15, 0.2) is 22.8 Å². The number of piperidine rings is 1. The number of nitrogens with zero attached hydrogens (tertiary/aromatic N) is 1. The number of amides is 2. The van der Waals surface area contributed by atoms with E-state index in [-0.39, 0.29) is 18.6 Å². The van der Waals surface area contributed by atoms with Crippen LogP contribution in [0.5, 0.6) is 0 Å². The molecule has 24 heavy (non-hydrogen) atoms. The Balaban J connectivity index is 1.80. The van der Waals surface area contributed by atoms with Gasteiger partial charge in [0, 0.05) is 13.1 Å². The summed E-state index contributed by atoms with van der Waals surface area (Å²) in [5, 5.41) is 15.5. The van der Waals surface area contributed by atoms with Gasteiger partial charge in [-0.2, -0.15) is 0 Å². The summed E-state index contributed by atoms with van der Waals surface area (Å²) in [6.45, 7) is 6.94. The summed E-state index contributed by atoms with van der Waals surface area (Å²) >= 11 is 0. The van der Waals surface area contributed by atoms with E-state index >= 15 is 0 Å². The zero-order valence-corrected chi connectivity index (χ0v) is 14.8. The quantitative estimate of drug-likeness (QED) is 0.681. The van der Waals surface area contributed by atoms with Gasteiger partial charge in [0.05, 0.1) is 18.4 Å². The molecule has 6 nitrogen and oxygen atoms in total. The molecule has 2 unspecified atom stereocenters. The molecule has 2 heterocycles. The number of nitrogens with one attached hydrogen (secondary N) is 2. The summed E-state index contributed by atoms with van der Waals surface area (Å²) in [4.78, 5) is 14.4. The molecule has 1 fully saturated rings. The molecule has 0 aromatic carbocycles. The molecule has 0 bridgehead atoms. The van der Waals surface area contributed by atoms with Gasteiger partial charge in [0.1, 0.15) is 5.76 Å². The standard InChI is InChI=1S/C18H31N3O3/c1-14(2)11-15(22)12-19-18(23)20-13-16(17-7-6-10-24-17)21-8-4-3-5-9-21/h6-7,10,14-16,22H,3-5,8-9,11-13H2,1-2H3,(H2,19,20,23). The molecular formula is C18H31N3O3. The molecule has 2 atom stereocenters. The molecule has 136 valence electrons. The Morgan fingerprint density at radius 2 is 1.96 bits per heavy atom. The van der Waals surface area contributed by atoms with Crippen LogP contribution in [0.2, 0.25) is 0 Å². The van der Waals surface area contributed by atoms with Gasteiger partial charge in [-0.25, -0.2) is 4.79 Å². The number of aliphatic hydroxyl groups excluding tert-OH is 1. The van der Waals surface area contributed by atoms with Gasteiger partial charge in [-0.15, -0.1) is 0 Å². The van der Waals surface area contributed by atoms with Crippen molar-refractivity contribution in [3.05, 3.63) is 24.2 Å². The minimum Gasteiger partial charge on any atom is -0.468 e. The molecule has 1 saturated heterocycles. The first-order valence-corrected chi connectivity index (χ1v) is 9.03. The molecule has 2 amide bonds. The van der Waals surface area contributed by atoms with Crippen LogP contribution in [0.25, 0.3) is 0 Å². The van der Waals surface area contributed by atoms with Crippen molar-refractivity contribution in [2.45, 2.75) is 51.7 Å². The fourth-order valence-corrected chi connectivity index (χ4v) is 3.21. The zero-order valence-electron chi connectivity index (χ0n) is 14.8. The molecule has 0 radical (unpaired) electrons. The highest BCUT2D eigenvalue weighted by molar-refractivity contribution is 5.73. The van der Waals surface area contributed by atoms with Crippen LogP contribution in [0, 0.1) is 5.92 Å². The predicted octanol–water partition coefficient (Wildman–Crippen LogP) is 2.51. The monoisotopic (exact) mass is 337 g/mol. The fourth-order valence-electron chi connectivity index (χ4n) is 3.21. The van der Waals surface area contributed by atoms with E-state index in [2.05, 4.69) is 29.4 Å². The topological polar surface area (TPSA) is 77.7 Å². The van der Waals surface area contributed by atoms with Gasteiger partial charge in [-0.05, 0) is 50.4 Å². The van der Waals surface area contributed by atoms with Crippen LogP contribution in [-0.2, 0) is 0 Å². The lowest BCUT2D eigenvalue weighted by molar-refractivity contribution is 0.138. The number of furan rings is 1. The van der Waals surface area contributed by atoms with Crippen molar-refractivity contribution in [2.24, 2.45) is 5.92 Å². The summed E-state index contributed by atoms with van der Waals surface area (Å²) in [5.74, 6) is 1.30. The average molecular weight is 337 g/mol. The number of likely N-dealkylation sites (tertiary alicyclic amines) is 1. The molecule has 2 rings (SSSR count). The van der Waals surface area contributed by atoms with Crippen molar-refractivity contribution in [2.75, 3.05) is 26.2 Å². The van der Waals surface area contributed by atoms with Gasteiger partial charge < -0.3 is 20.2 Å². The molecule has 1 aromatic heterocycles. The first-order chi connectivity index (χ1) is 11.6. The summed E-state index contributed by atoms with van der Waals surface area (Å²) in [6, 6.07) is 3.66. The molecule has 1 aliphatic rings. The van der Waals surface area contributed by atoms with Gasteiger partial charge in [-0.1, -0.05) is 20.3 Å². The molecule has 1 aromatic rings. The minimum atomic E-state index is -0.501. The number of carbonyl (C=O) groups excluding carboxylic acids is 1. The third-order valence-corrected chi connectivity index (χ3v) is 4.40. The van der Waals surface area contributed by atoms with Crippen LogP contribution >= 0.6 is 0 Å². The second kappa shape index (κ2) is 9.69. The largest absolute Gasteiger partial charge is 0.468 e. The fraction of sp³-hybridized carbons (Fsp3) is 0.722. The minimum absolute atomic E-state index is 0.0617. The molecule has 1 aliphatic heterocycles. The van der Waals surface area contributed by atoms with Crippen molar-refractivity contribution in [3.63, 3.8) is 0 Å². The van der Waals surface area contributed by atoms with E-state index < -0.39 is 6.10 Å². The molecule has 3 N–H and O–H groups in total. The van der Waals surface area contributed by atoms with Crippen LogP contribution in [0.3, 0.4) is 0 Å². The highest BCUT2D eigenvalue weighted by Gasteiger charge is 2.24. The lowest BCUT2D eigenvalue weighted by atomic mass is 10.1. The van der Waals surface area contributed by atoms with E-state index in [0.29, 0.717) is 18.9 Å². The molecular weight excluding hydrogens is 306 g/mol. The van der Waals surface area contributed by atoms with Gasteiger partial charge in [0.25, 0.3) is 0 Å². The maximum atomic E-state index is 12.0. The molecule has 6 heteroatoms. The zero-order chi connectivity index (χ0) is 17.4. The Morgan fingerprint density at radius 1 is 1.25 bits per heavy atom. The van der Waals surface area contributed by atoms with Crippen molar-refractivity contribution in [1.29, 1.82) is 0 Å². The Kier molecular flexibility index (Phi) is 7.59. The van der Waals surface area contributed by atoms with Gasteiger partial charge in [-0.3, -0.25) is 4.90 Å². The van der Waals surface area contributed by atoms with Crippen molar-refractivity contribution in [3.8, 4) is 0 Å². The first kappa shape index (κ1) is 18.8. The second-order valence-corrected chi connectivity index (χ2v) is 7.00. The van der Waals surface area contributed by atoms with Crippen LogP contribution in [0.4, 0.5) is 4.79 Å². The Morgan fingerprint density at radius 3 is 2.58 bits per heavy atom. The van der Waals surface area contributed by atoms with E-state index in [4.69, 9.17) is 4.42 Å². The lowest BCUT2D eigenvalue weighted by Gasteiger charge is -2.33. The normalized spacial score (nSPS) is 18.3. The Labute approximate surface area is 144 Å². The second-order valence-electron chi connectivity index (χ2n) is 7.00. The third kappa shape index (κ3) is 6.17. The number of urea groups is 1. The molecule has 0 saturated carbocycles. The van der Waals surface area contributed by atoms with Crippen molar-refractivity contribution < 1.29 is 14.3 Å². The van der Waals surface area contributed by atoms with Gasteiger partial charge >= 0.3 is 6.03 Å². The molecule has 0 spiro atoms. The number of hydrogen-bond donors (Lipinski definition) is 3. The van der Waals surface area contributed by atoms with E-state index in [1.807, 2.05) is 12.1 Å². The van der Waals surface area contributed by atoms with Crippen LogP contribution in [-0.4, -0.2) is 48.3 Å². The maximum Gasteiger partial charge on any atom is 0.314 e. The summed E-state index contributed by atoms with van der Waals surface area (Å²) < 4.78 is 5.57. The Hall–Kier alpha value is -1.53. The Bertz CT molecular complexity index is 470. The molecule has 0 aliphatic carbocycles. The summed E-state index contributed by atoms with van der Waals surface area (Å²) in [7, 11) is 0. The highest BCUT2D eigenvalue weighted by Crippen LogP contribution is 2.24. The van der Waals surface area contributed by atoms with Gasteiger partial charge in [0.15, 0.2) is 0 Å². The van der Waals surface area contributed by atoms with E-state index in [0.717, 1.165) is 18.8 Å². The average Bonchev–Trinajstić information content (AvgIpc) is 3.08. The summed E-state index contributed by atoms with van der Waals surface area (Å²) in [5.41, 5.74) is 0. The lowest BCUT2D eigenvalue weighted by Crippen LogP contribution is -2.45. The predicted molar refractivity (Wildman–Crippen MR) is 93.7 cm³/mol. The number of carbonyl (C=O) groups is 1. The highest BCUT2D eigenvalue weighted by atomic mass is 16.3. The SMILES string of the molecule is CC(C)CC(O)CNC(=O)NCC(c1ccco1)N1CCCCC1. The van der Waals surface area contributed by atoms with Gasteiger partial charge in [0.2, 0.25) is 0 Å². The first-order valence-electron chi connectivity index (χ1n) is 9.03. The maximum absolute atomic E-state index is 12.0. The van der Waals surface area contributed by atoms with E-state index in [1.165, 1.54) is 19.3 Å². The van der Waals surface area contributed by atoms with E-state index in [9.17, 15) is 9.90 Å². The van der Waals surface area contributed by atoms with E-state index in [1.54, 1.807) is 6.26 Å². The summed E-state index contributed by atoms with van der Waals surface area (Å²) in [6.07, 6.45) is 5.50. The number of rotatable bonds is 8.